The minimum Gasteiger partial charge on any atom is -0.371 e. The molecule has 166 valence electrons. The molecule has 2 aromatic rings. The van der Waals surface area contributed by atoms with Crippen LogP contribution >= 0.6 is 7.60 Å². The van der Waals surface area contributed by atoms with E-state index in [0.717, 1.165) is 42.6 Å². The fraction of sp³-hybridized carbons (Fsp3) is 0.550. The number of hydrogen-bond donors (Lipinski definition) is 0. The number of anilines is 1. The summed E-state index contributed by atoms with van der Waals surface area (Å²) in [6.45, 7) is 1.46. The number of rotatable bonds is 6. The van der Waals surface area contributed by atoms with E-state index in [-0.39, 0.29) is 10.9 Å². The predicted molar refractivity (Wildman–Crippen MR) is 110 cm³/mol. The molecule has 0 saturated carbocycles. The van der Waals surface area contributed by atoms with Gasteiger partial charge in [0.05, 0.1) is 11.7 Å². The molecule has 30 heavy (non-hydrogen) atoms. The van der Waals surface area contributed by atoms with Gasteiger partial charge in [0, 0.05) is 51.5 Å². The van der Waals surface area contributed by atoms with Gasteiger partial charge in [-0.2, -0.15) is 13.2 Å². The van der Waals surface area contributed by atoms with Crippen LogP contribution in [0.1, 0.15) is 25.0 Å². The molecule has 0 amide bonds. The highest BCUT2D eigenvalue weighted by atomic mass is 31.2. The summed E-state index contributed by atoms with van der Waals surface area (Å²) in [4.78, 5) is 14.3. The van der Waals surface area contributed by atoms with Gasteiger partial charge in [0.2, 0.25) is 0 Å². The number of nitrogens with zero attached hydrogens (tertiary/aromatic N) is 2. The fourth-order valence-electron chi connectivity index (χ4n) is 3.98. The van der Waals surface area contributed by atoms with Crippen molar-refractivity contribution in [1.82, 2.24) is 4.57 Å². The summed E-state index contributed by atoms with van der Waals surface area (Å²) in [7, 11) is 1.07. The second-order valence-corrected chi connectivity index (χ2v) is 9.97. The Bertz CT molecular complexity index is 1010. The van der Waals surface area contributed by atoms with Crippen molar-refractivity contribution in [3.8, 4) is 0 Å². The van der Waals surface area contributed by atoms with Crippen molar-refractivity contribution >= 4 is 24.2 Å². The summed E-state index contributed by atoms with van der Waals surface area (Å²) in [6.07, 6.45) is -1.77. The maximum Gasteiger partial charge on any atom is 0.431 e. The quantitative estimate of drug-likeness (QED) is 0.605. The maximum atomic E-state index is 13.3. The highest BCUT2D eigenvalue weighted by molar-refractivity contribution is 7.53. The van der Waals surface area contributed by atoms with Crippen molar-refractivity contribution in [1.29, 1.82) is 0 Å². The molecular weight excluding hydrogens is 420 g/mol. The van der Waals surface area contributed by atoms with Crippen LogP contribution in [0, 0.1) is 5.92 Å². The monoisotopic (exact) mass is 446 g/mol. The molecule has 1 aliphatic rings. The number of fused-ring (bicyclic) bond motifs is 1. The topological polar surface area (TPSA) is 60.8 Å². The molecule has 1 aromatic heterocycles. The van der Waals surface area contributed by atoms with Gasteiger partial charge in [-0.1, -0.05) is 0 Å². The minimum atomic E-state index is -4.60. The molecule has 3 rings (SSSR count). The molecule has 1 aliphatic heterocycles. The predicted octanol–water partition coefficient (Wildman–Crippen LogP) is 4.65. The van der Waals surface area contributed by atoms with E-state index < -0.39 is 24.9 Å². The lowest BCUT2D eigenvalue weighted by atomic mass is 9.94. The van der Waals surface area contributed by atoms with Crippen molar-refractivity contribution < 1.29 is 26.8 Å². The first-order valence-corrected chi connectivity index (χ1v) is 11.5. The Kier molecular flexibility index (Phi) is 6.65. The van der Waals surface area contributed by atoms with Gasteiger partial charge in [-0.3, -0.25) is 9.36 Å². The molecule has 1 saturated heterocycles. The average molecular weight is 446 g/mol. The lowest BCUT2D eigenvalue weighted by molar-refractivity contribution is -0.143. The first kappa shape index (κ1) is 22.8. The van der Waals surface area contributed by atoms with E-state index in [9.17, 15) is 22.5 Å². The number of piperidine rings is 1. The van der Waals surface area contributed by atoms with E-state index in [1.165, 1.54) is 21.3 Å². The van der Waals surface area contributed by atoms with Gasteiger partial charge in [0.15, 0.2) is 5.43 Å². The number of halogens is 3. The second-order valence-electron chi connectivity index (χ2n) is 7.57. The highest BCUT2D eigenvalue weighted by Gasteiger charge is 2.34. The smallest absolute Gasteiger partial charge is 0.371 e. The maximum absolute atomic E-state index is 13.3. The zero-order chi connectivity index (χ0) is 22.1. The third-order valence-corrected chi connectivity index (χ3v) is 7.79. The van der Waals surface area contributed by atoms with Crippen LogP contribution in [0.25, 0.3) is 10.9 Å². The summed E-state index contributed by atoms with van der Waals surface area (Å²) >= 11 is 0. The van der Waals surface area contributed by atoms with Crippen LogP contribution in [-0.4, -0.2) is 38.0 Å². The van der Waals surface area contributed by atoms with Crippen LogP contribution in [0.2, 0.25) is 0 Å². The normalized spacial score (nSPS) is 16.4. The van der Waals surface area contributed by atoms with Gasteiger partial charge in [0.25, 0.3) is 0 Å². The van der Waals surface area contributed by atoms with Crippen LogP contribution in [0.3, 0.4) is 0 Å². The van der Waals surface area contributed by atoms with E-state index in [1.807, 2.05) is 0 Å². The van der Waals surface area contributed by atoms with Crippen LogP contribution in [0.15, 0.2) is 29.1 Å². The summed E-state index contributed by atoms with van der Waals surface area (Å²) < 4.78 is 62.9. The summed E-state index contributed by atoms with van der Waals surface area (Å²) in [5, 5.41) is 0.263. The van der Waals surface area contributed by atoms with Crippen LogP contribution in [0.5, 0.6) is 0 Å². The zero-order valence-electron chi connectivity index (χ0n) is 17.2. The Hall–Kier alpha value is -1.83. The van der Waals surface area contributed by atoms with Gasteiger partial charge in [0.1, 0.15) is 5.69 Å². The van der Waals surface area contributed by atoms with Gasteiger partial charge in [-0.05, 0) is 43.4 Å². The number of pyridine rings is 1. The van der Waals surface area contributed by atoms with E-state index in [0.29, 0.717) is 18.1 Å². The standard InChI is InChI=1S/C20H26F3N2O4P/c1-24-17-12-15(4-5-16(17)18(26)13-19(24)20(21,22)23)25-9-6-14(7-10-25)8-11-30(27,28-2)29-3/h4-5,12-14H,6-11H2,1-3H3. The van der Waals surface area contributed by atoms with E-state index in [4.69, 9.17) is 9.05 Å². The van der Waals surface area contributed by atoms with Crippen molar-refractivity contribution in [3.63, 3.8) is 0 Å². The lowest BCUT2D eigenvalue weighted by Crippen LogP contribution is -2.34. The molecule has 6 nitrogen and oxygen atoms in total. The third-order valence-electron chi connectivity index (χ3n) is 5.87. The second kappa shape index (κ2) is 8.73. The molecule has 2 heterocycles. The lowest BCUT2D eigenvalue weighted by Gasteiger charge is -2.34. The van der Waals surface area contributed by atoms with E-state index in [1.54, 1.807) is 18.2 Å². The largest absolute Gasteiger partial charge is 0.431 e. The Labute approximate surface area is 173 Å². The zero-order valence-corrected chi connectivity index (χ0v) is 18.1. The molecule has 0 aliphatic carbocycles. The fourth-order valence-corrected chi connectivity index (χ4v) is 5.18. The van der Waals surface area contributed by atoms with Gasteiger partial charge in [-0.25, -0.2) is 0 Å². The van der Waals surface area contributed by atoms with Crippen molar-refractivity contribution in [2.45, 2.75) is 25.4 Å². The Morgan fingerprint density at radius 2 is 1.77 bits per heavy atom. The van der Waals surface area contributed by atoms with Crippen LogP contribution in [-0.2, 0) is 26.8 Å². The summed E-state index contributed by atoms with van der Waals surface area (Å²) in [5.74, 6) is 0.376. The van der Waals surface area contributed by atoms with Crippen LogP contribution < -0.4 is 10.3 Å². The number of hydrogen-bond acceptors (Lipinski definition) is 5. The summed E-state index contributed by atoms with van der Waals surface area (Å²) in [6, 6.07) is 5.66. The van der Waals surface area contributed by atoms with Gasteiger partial charge >= 0.3 is 13.8 Å². The molecule has 0 N–H and O–H groups in total. The Balaban J connectivity index is 1.76. The molecule has 1 aromatic carbocycles. The molecule has 0 radical (unpaired) electrons. The van der Waals surface area contributed by atoms with Crippen molar-refractivity contribution in [3.05, 3.63) is 40.2 Å². The number of aryl methyl sites for hydroxylation is 1. The van der Waals surface area contributed by atoms with Crippen LogP contribution in [0.4, 0.5) is 18.9 Å². The van der Waals surface area contributed by atoms with E-state index in [2.05, 4.69) is 4.90 Å². The number of aromatic nitrogens is 1. The molecule has 0 bridgehead atoms. The van der Waals surface area contributed by atoms with Crippen molar-refractivity contribution in [2.24, 2.45) is 13.0 Å². The molecule has 0 spiro atoms. The average Bonchev–Trinajstić information content (AvgIpc) is 2.74. The van der Waals surface area contributed by atoms with Crippen molar-refractivity contribution in [2.75, 3.05) is 38.4 Å². The molecule has 1 fully saturated rings. The number of benzene rings is 1. The van der Waals surface area contributed by atoms with E-state index >= 15 is 0 Å². The van der Waals surface area contributed by atoms with Gasteiger partial charge < -0.3 is 18.5 Å². The first-order chi connectivity index (χ1) is 14.1. The molecule has 0 atom stereocenters. The Morgan fingerprint density at radius 1 is 1.13 bits per heavy atom. The Morgan fingerprint density at radius 3 is 2.33 bits per heavy atom. The molecule has 10 heteroatoms. The SMILES string of the molecule is COP(=O)(CCC1CCN(c2ccc3c(=O)cc(C(F)(F)F)n(C)c3c2)CC1)OC. The first-order valence-electron chi connectivity index (χ1n) is 9.74. The summed E-state index contributed by atoms with van der Waals surface area (Å²) in [5.41, 5.74) is -0.553. The molecule has 0 unspecified atom stereocenters. The number of alkyl halides is 3. The molecular formula is C20H26F3N2O4P. The third kappa shape index (κ3) is 4.74. The minimum absolute atomic E-state index is 0.260. The van der Waals surface area contributed by atoms with Gasteiger partial charge in [-0.15, -0.1) is 0 Å². The highest BCUT2D eigenvalue weighted by Crippen LogP contribution is 2.48.